The fraction of sp³-hybridized carbons (Fsp3) is 0.412. The summed E-state index contributed by atoms with van der Waals surface area (Å²) in [5, 5.41) is 21.3. The Labute approximate surface area is 154 Å². The van der Waals surface area contributed by atoms with E-state index in [4.69, 9.17) is 9.26 Å². The number of rotatable bonds is 5. The minimum absolute atomic E-state index is 0.0294. The maximum Gasteiger partial charge on any atom is 0.236 e. The zero-order chi connectivity index (χ0) is 18.4. The monoisotopic (exact) mass is 366 g/mol. The van der Waals surface area contributed by atoms with Crippen molar-refractivity contribution in [3.8, 4) is 17.4 Å². The summed E-state index contributed by atoms with van der Waals surface area (Å²) in [5.74, 6) is 1.65. The van der Waals surface area contributed by atoms with Crippen LogP contribution in [-0.2, 0) is 19.1 Å². The topological polar surface area (TPSA) is 109 Å². The third-order valence-corrected chi connectivity index (χ3v) is 5.12. The maximum atomic E-state index is 6.04. The average Bonchev–Trinajstić information content (AvgIpc) is 3.37. The summed E-state index contributed by atoms with van der Waals surface area (Å²) in [5.41, 5.74) is 2.28. The first-order chi connectivity index (χ1) is 13.1. The molecule has 0 aliphatic heterocycles. The van der Waals surface area contributed by atoms with Crippen molar-refractivity contribution >= 4 is 5.65 Å². The number of aromatic nitrogens is 8. The highest BCUT2D eigenvalue weighted by molar-refractivity contribution is 5.56. The summed E-state index contributed by atoms with van der Waals surface area (Å²) in [6, 6.07) is 3.72. The second-order valence-corrected chi connectivity index (χ2v) is 7.08. The number of nitrogens with zero attached hydrogens (tertiary/aromatic N) is 8. The lowest BCUT2D eigenvalue weighted by atomic mass is 9.66. The molecule has 0 radical (unpaired) electrons. The lowest BCUT2D eigenvalue weighted by Crippen LogP contribution is -2.31. The number of fused-ring (bicyclic) bond motifs is 1. The van der Waals surface area contributed by atoms with Crippen molar-refractivity contribution in [2.24, 2.45) is 7.05 Å². The van der Waals surface area contributed by atoms with Gasteiger partial charge < -0.3 is 9.26 Å². The van der Waals surface area contributed by atoms with E-state index in [-0.39, 0.29) is 12.0 Å². The van der Waals surface area contributed by atoms with Crippen molar-refractivity contribution in [1.29, 1.82) is 0 Å². The fourth-order valence-electron chi connectivity index (χ4n) is 3.40. The van der Waals surface area contributed by atoms with E-state index in [9.17, 15) is 0 Å². The largest absolute Gasteiger partial charge is 0.468 e. The molecule has 0 N–H and O–H groups in total. The first-order valence-electron chi connectivity index (χ1n) is 8.77. The Balaban J connectivity index is 1.58. The second-order valence-electron chi connectivity index (χ2n) is 7.08. The van der Waals surface area contributed by atoms with Crippen LogP contribution in [0, 0.1) is 0 Å². The van der Waals surface area contributed by atoms with Gasteiger partial charge in [0.15, 0.2) is 23.8 Å². The highest BCUT2D eigenvalue weighted by atomic mass is 16.5. The van der Waals surface area contributed by atoms with Gasteiger partial charge >= 0.3 is 0 Å². The minimum atomic E-state index is 0.0294. The second kappa shape index (κ2) is 5.86. The molecule has 0 bridgehead atoms. The molecule has 1 aliphatic rings. The molecule has 27 heavy (non-hydrogen) atoms. The molecule has 0 atom stereocenters. The molecule has 0 saturated heterocycles. The van der Waals surface area contributed by atoms with Crippen LogP contribution in [-0.4, -0.2) is 39.7 Å². The Morgan fingerprint density at radius 3 is 2.81 bits per heavy atom. The molecule has 1 aliphatic carbocycles. The summed E-state index contributed by atoms with van der Waals surface area (Å²) in [6.07, 6.45) is 6.51. The molecule has 4 aromatic heterocycles. The zero-order valence-corrected chi connectivity index (χ0v) is 15.0. The van der Waals surface area contributed by atoms with Crippen molar-refractivity contribution < 1.29 is 9.26 Å². The molecule has 5 rings (SSSR count). The van der Waals surface area contributed by atoms with Gasteiger partial charge in [0.25, 0.3) is 0 Å². The molecular formula is C17H18N8O2. The van der Waals surface area contributed by atoms with Crippen molar-refractivity contribution in [2.75, 3.05) is 0 Å². The lowest BCUT2D eigenvalue weighted by Gasteiger charge is -2.39. The van der Waals surface area contributed by atoms with E-state index < -0.39 is 0 Å². The average molecular weight is 366 g/mol. The van der Waals surface area contributed by atoms with Gasteiger partial charge in [0, 0.05) is 18.7 Å². The third kappa shape index (κ3) is 2.64. The smallest absolute Gasteiger partial charge is 0.236 e. The van der Waals surface area contributed by atoms with Gasteiger partial charge in [-0.05, 0) is 24.3 Å². The van der Waals surface area contributed by atoms with Gasteiger partial charge in [-0.1, -0.05) is 18.5 Å². The van der Waals surface area contributed by atoms with Gasteiger partial charge in [0.05, 0.1) is 0 Å². The normalized spacial score (nSPS) is 15.8. The van der Waals surface area contributed by atoms with E-state index in [2.05, 4.69) is 37.5 Å². The van der Waals surface area contributed by atoms with Crippen LogP contribution in [0.5, 0.6) is 5.88 Å². The summed E-state index contributed by atoms with van der Waals surface area (Å²) in [4.78, 5) is 4.21. The molecule has 0 aromatic carbocycles. The van der Waals surface area contributed by atoms with Crippen LogP contribution >= 0.6 is 0 Å². The maximum absolute atomic E-state index is 6.04. The molecule has 0 spiro atoms. The zero-order valence-electron chi connectivity index (χ0n) is 15.0. The summed E-state index contributed by atoms with van der Waals surface area (Å²) < 4.78 is 14.2. The molecule has 0 unspecified atom stereocenters. The van der Waals surface area contributed by atoms with Crippen LogP contribution in [0.1, 0.15) is 37.6 Å². The first-order valence-corrected chi connectivity index (χ1v) is 8.77. The van der Waals surface area contributed by atoms with Crippen LogP contribution in [0.2, 0.25) is 0 Å². The summed E-state index contributed by atoms with van der Waals surface area (Å²) in [7, 11) is 1.82. The van der Waals surface area contributed by atoms with Gasteiger partial charge in [0.1, 0.15) is 12.6 Å². The van der Waals surface area contributed by atoms with E-state index in [1.165, 1.54) is 12.7 Å². The minimum Gasteiger partial charge on any atom is -0.468 e. The Hall–Kier alpha value is -3.30. The predicted octanol–water partition coefficient (Wildman–Crippen LogP) is 1.93. The van der Waals surface area contributed by atoms with Crippen LogP contribution in [0.4, 0.5) is 0 Å². The predicted molar refractivity (Wildman–Crippen MR) is 92.8 cm³/mol. The molecule has 1 fully saturated rings. The van der Waals surface area contributed by atoms with Gasteiger partial charge in [-0.2, -0.15) is 9.61 Å². The van der Waals surface area contributed by atoms with Crippen molar-refractivity contribution in [2.45, 2.75) is 38.2 Å². The summed E-state index contributed by atoms with van der Waals surface area (Å²) in [6.45, 7) is 2.47. The van der Waals surface area contributed by atoms with Crippen molar-refractivity contribution in [3.05, 3.63) is 36.1 Å². The number of ether oxygens (including phenoxy) is 1. The Kier molecular flexibility index (Phi) is 3.46. The molecule has 138 valence electrons. The van der Waals surface area contributed by atoms with Crippen LogP contribution < -0.4 is 4.74 Å². The lowest BCUT2D eigenvalue weighted by molar-refractivity contribution is 0.233. The van der Waals surface area contributed by atoms with E-state index >= 15 is 0 Å². The Morgan fingerprint density at radius 1 is 1.26 bits per heavy atom. The van der Waals surface area contributed by atoms with Gasteiger partial charge in [-0.3, -0.25) is 4.68 Å². The van der Waals surface area contributed by atoms with Crippen molar-refractivity contribution in [1.82, 2.24) is 39.7 Å². The van der Waals surface area contributed by atoms with Crippen LogP contribution in [0.3, 0.4) is 0 Å². The SMILES string of the molecule is Cn1cnc(COc2nn3c(-c4ccon4)nnc3cc2C2(C)CCC2)n1. The van der Waals surface area contributed by atoms with Gasteiger partial charge in [0.2, 0.25) is 11.7 Å². The third-order valence-electron chi connectivity index (χ3n) is 5.12. The molecule has 10 heteroatoms. The number of aryl methyl sites for hydroxylation is 1. The molecule has 4 aromatic rings. The van der Waals surface area contributed by atoms with Gasteiger partial charge in [-0.25, -0.2) is 4.98 Å². The van der Waals surface area contributed by atoms with E-state index in [1.807, 2.05) is 13.1 Å². The van der Waals surface area contributed by atoms with E-state index in [0.29, 0.717) is 28.9 Å². The highest BCUT2D eigenvalue weighted by Crippen LogP contribution is 2.46. The van der Waals surface area contributed by atoms with E-state index in [0.717, 1.165) is 18.4 Å². The fourth-order valence-corrected chi connectivity index (χ4v) is 3.40. The van der Waals surface area contributed by atoms with Gasteiger partial charge in [-0.15, -0.1) is 15.3 Å². The number of hydrogen-bond acceptors (Lipinski definition) is 8. The van der Waals surface area contributed by atoms with Crippen LogP contribution in [0.15, 0.2) is 29.2 Å². The molecular weight excluding hydrogens is 348 g/mol. The van der Waals surface area contributed by atoms with E-state index in [1.54, 1.807) is 21.6 Å². The molecule has 1 saturated carbocycles. The molecule has 10 nitrogen and oxygen atoms in total. The number of hydrogen-bond donors (Lipinski definition) is 0. The summed E-state index contributed by atoms with van der Waals surface area (Å²) >= 11 is 0. The first kappa shape index (κ1) is 15.9. The quantitative estimate of drug-likeness (QED) is 0.527. The highest BCUT2D eigenvalue weighted by Gasteiger charge is 2.37. The van der Waals surface area contributed by atoms with Crippen LogP contribution in [0.25, 0.3) is 17.2 Å². The molecule has 4 heterocycles. The standard InChI is InChI=1S/C17H18N8O2/c1-17(5-3-6-17)11-8-14-19-20-15(12-4-7-27-23-12)25(14)22-16(11)26-9-13-18-10-24(2)21-13/h4,7-8,10H,3,5-6,9H2,1-2H3. The molecule has 0 amide bonds. The Morgan fingerprint density at radius 2 is 2.15 bits per heavy atom. The van der Waals surface area contributed by atoms with Crippen molar-refractivity contribution in [3.63, 3.8) is 0 Å². The Bertz CT molecular complexity index is 1090.